The predicted molar refractivity (Wildman–Crippen MR) is 118 cm³/mol. The van der Waals surface area contributed by atoms with E-state index < -0.39 is 26.0 Å². The van der Waals surface area contributed by atoms with Crippen LogP contribution in [0.2, 0.25) is 0 Å². The predicted octanol–water partition coefficient (Wildman–Crippen LogP) is 2.29. The van der Waals surface area contributed by atoms with Crippen LogP contribution in [-0.4, -0.2) is 34.4 Å². The molecule has 1 heterocycles. The Morgan fingerprint density at radius 3 is 2.00 bits per heavy atom. The quantitative estimate of drug-likeness (QED) is 0.497. The van der Waals surface area contributed by atoms with Crippen LogP contribution in [0.4, 0.5) is 11.4 Å². The summed E-state index contributed by atoms with van der Waals surface area (Å²) in [5.41, 5.74) is 1.85. The minimum atomic E-state index is -3.73. The molecule has 0 aliphatic heterocycles. The third kappa shape index (κ3) is 5.13. The fourth-order valence-corrected chi connectivity index (χ4v) is 4.63. The van der Waals surface area contributed by atoms with Crippen molar-refractivity contribution in [3.8, 4) is 0 Å². The summed E-state index contributed by atoms with van der Waals surface area (Å²) >= 11 is 0. The largest absolute Gasteiger partial charge is 0.345 e. The van der Waals surface area contributed by atoms with Gasteiger partial charge in [-0.2, -0.15) is 0 Å². The third-order valence-corrected chi connectivity index (χ3v) is 7.30. The van der Waals surface area contributed by atoms with E-state index >= 15 is 0 Å². The Balaban J connectivity index is 1.72. The van der Waals surface area contributed by atoms with Gasteiger partial charge in [-0.15, -0.1) is 0 Å². The number of nitrogens with one attached hydrogen (secondary N) is 3. The molecule has 0 atom stereocenters. The van der Waals surface area contributed by atoms with Gasteiger partial charge in [-0.3, -0.25) is 9.52 Å². The molecule has 0 saturated carbocycles. The van der Waals surface area contributed by atoms with E-state index in [1.165, 1.54) is 48.1 Å². The average Bonchev–Trinajstić information content (AvgIpc) is 3.12. The van der Waals surface area contributed by atoms with Crippen molar-refractivity contribution in [3.05, 3.63) is 72.1 Å². The molecule has 0 aliphatic rings. The maximum absolute atomic E-state index is 12.5. The van der Waals surface area contributed by atoms with Gasteiger partial charge in [0, 0.05) is 24.6 Å². The second kappa shape index (κ2) is 8.53. The number of hydrogen-bond acceptors (Lipinski definition) is 5. The van der Waals surface area contributed by atoms with E-state index in [0.29, 0.717) is 11.4 Å². The number of nitrogens with zero attached hydrogens (tertiary/aromatic N) is 1. The molecule has 2 aromatic carbocycles. The molecule has 3 rings (SSSR count). The van der Waals surface area contributed by atoms with Gasteiger partial charge in [0.2, 0.25) is 10.0 Å². The highest BCUT2D eigenvalue weighted by Crippen LogP contribution is 2.20. The smallest absolute Gasteiger partial charge is 0.272 e. The minimum Gasteiger partial charge on any atom is -0.345 e. The molecule has 0 fully saturated rings. The van der Waals surface area contributed by atoms with Crippen LogP contribution in [0.3, 0.4) is 0 Å². The second-order valence-corrected chi connectivity index (χ2v) is 10.4. The fraction of sp³-hybridized carbons (Fsp3) is 0.150. The van der Waals surface area contributed by atoms with Crippen LogP contribution in [0.5, 0.6) is 0 Å². The van der Waals surface area contributed by atoms with Gasteiger partial charge >= 0.3 is 0 Å². The van der Waals surface area contributed by atoms with E-state index in [1.807, 2.05) is 6.92 Å². The minimum absolute atomic E-state index is 0.0245. The van der Waals surface area contributed by atoms with Gasteiger partial charge in [-0.25, -0.2) is 21.6 Å². The number of sulfonamides is 2. The van der Waals surface area contributed by atoms with E-state index in [0.717, 1.165) is 5.56 Å². The lowest BCUT2D eigenvalue weighted by molar-refractivity contribution is 0.101. The molecule has 9 nitrogen and oxygen atoms in total. The number of anilines is 2. The first-order chi connectivity index (χ1) is 14.5. The Kier molecular flexibility index (Phi) is 6.20. The van der Waals surface area contributed by atoms with Crippen LogP contribution in [-0.2, 0) is 27.1 Å². The monoisotopic (exact) mass is 462 g/mol. The summed E-state index contributed by atoms with van der Waals surface area (Å²) < 4.78 is 54.8. The fourth-order valence-electron chi connectivity index (χ4n) is 2.77. The van der Waals surface area contributed by atoms with E-state index in [2.05, 4.69) is 14.8 Å². The van der Waals surface area contributed by atoms with Crippen molar-refractivity contribution in [3.63, 3.8) is 0 Å². The van der Waals surface area contributed by atoms with Gasteiger partial charge in [0.05, 0.1) is 4.90 Å². The normalized spacial score (nSPS) is 11.8. The van der Waals surface area contributed by atoms with Gasteiger partial charge in [0.25, 0.3) is 15.9 Å². The Bertz CT molecular complexity index is 1310. The number of carbonyl (C=O) groups excluding carboxylic acids is 1. The number of rotatable bonds is 7. The van der Waals surface area contributed by atoms with Crippen LogP contribution in [0.1, 0.15) is 16.1 Å². The maximum atomic E-state index is 12.5. The lowest BCUT2D eigenvalue weighted by atomic mass is 10.2. The summed E-state index contributed by atoms with van der Waals surface area (Å²) in [5, 5.41) is 2.66. The van der Waals surface area contributed by atoms with Crippen molar-refractivity contribution in [1.82, 2.24) is 9.29 Å². The summed E-state index contributed by atoms with van der Waals surface area (Å²) in [4.78, 5) is 12.7. The number of carbonyl (C=O) groups is 1. The molecule has 3 N–H and O–H groups in total. The molecule has 0 saturated heterocycles. The molecule has 0 aliphatic carbocycles. The summed E-state index contributed by atoms with van der Waals surface area (Å²) in [7, 11) is -4.55. The van der Waals surface area contributed by atoms with E-state index in [-0.39, 0.29) is 15.5 Å². The van der Waals surface area contributed by atoms with Crippen LogP contribution in [0.25, 0.3) is 0 Å². The number of aryl methyl sites for hydroxylation is 2. The van der Waals surface area contributed by atoms with E-state index in [4.69, 9.17) is 0 Å². The van der Waals surface area contributed by atoms with Crippen molar-refractivity contribution in [1.29, 1.82) is 0 Å². The number of hydrogen-bond donors (Lipinski definition) is 3. The van der Waals surface area contributed by atoms with Crippen molar-refractivity contribution in [2.75, 3.05) is 17.1 Å². The number of benzene rings is 2. The molecular formula is C20H22N4O5S2. The van der Waals surface area contributed by atoms with Crippen molar-refractivity contribution >= 4 is 37.3 Å². The Hall–Kier alpha value is -3.15. The zero-order valence-electron chi connectivity index (χ0n) is 17.1. The van der Waals surface area contributed by atoms with Gasteiger partial charge in [-0.1, -0.05) is 17.7 Å². The third-order valence-electron chi connectivity index (χ3n) is 4.52. The first-order valence-electron chi connectivity index (χ1n) is 9.13. The molecule has 0 bridgehead atoms. The highest BCUT2D eigenvalue weighted by Gasteiger charge is 2.19. The van der Waals surface area contributed by atoms with Crippen LogP contribution in [0, 0.1) is 6.92 Å². The SMILES string of the molecule is CNS(=O)(=O)c1cc(C(=O)Nc2ccc(NS(=O)(=O)c3ccc(C)cc3)cc2)n(C)c1. The topological polar surface area (TPSA) is 126 Å². The molecule has 3 aromatic rings. The van der Waals surface area contributed by atoms with Crippen LogP contribution >= 0.6 is 0 Å². The summed E-state index contributed by atoms with van der Waals surface area (Å²) in [6.07, 6.45) is 1.34. The molecule has 11 heteroatoms. The van der Waals surface area contributed by atoms with Gasteiger partial charge in [0.1, 0.15) is 10.6 Å². The number of amides is 1. The Morgan fingerprint density at radius 2 is 1.42 bits per heavy atom. The van der Waals surface area contributed by atoms with Crippen molar-refractivity contribution < 1.29 is 21.6 Å². The molecule has 1 aromatic heterocycles. The second-order valence-electron chi connectivity index (χ2n) is 6.83. The highest BCUT2D eigenvalue weighted by atomic mass is 32.2. The van der Waals surface area contributed by atoms with Gasteiger partial charge in [0.15, 0.2) is 0 Å². The molecule has 1 amide bonds. The molecule has 31 heavy (non-hydrogen) atoms. The average molecular weight is 463 g/mol. The van der Waals surface area contributed by atoms with Crippen LogP contribution in [0.15, 0.2) is 70.6 Å². The van der Waals surface area contributed by atoms with Gasteiger partial charge in [-0.05, 0) is 56.4 Å². The molecule has 0 unspecified atom stereocenters. The Labute approximate surface area is 181 Å². The van der Waals surface area contributed by atoms with Crippen molar-refractivity contribution in [2.24, 2.45) is 7.05 Å². The summed E-state index contributed by atoms with van der Waals surface area (Å²) in [6, 6.07) is 13.9. The molecule has 164 valence electrons. The van der Waals surface area contributed by atoms with Crippen molar-refractivity contribution in [2.45, 2.75) is 16.7 Å². The zero-order chi connectivity index (χ0) is 22.8. The molecule has 0 radical (unpaired) electrons. The first kappa shape index (κ1) is 22.5. The first-order valence-corrected chi connectivity index (χ1v) is 12.1. The summed E-state index contributed by atoms with van der Waals surface area (Å²) in [6.45, 7) is 1.87. The zero-order valence-corrected chi connectivity index (χ0v) is 18.7. The molecule has 0 spiro atoms. The number of aromatic nitrogens is 1. The van der Waals surface area contributed by atoms with Crippen LogP contribution < -0.4 is 14.8 Å². The highest BCUT2D eigenvalue weighted by molar-refractivity contribution is 7.92. The lowest BCUT2D eigenvalue weighted by Gasteiger charge is -2.10. The van der Waals surface area contributed by atoms with E-state index in [1.54, 1.807) is 31.3 Å². The summed E-state index contributed by atoms with van der Waals surface area (Å²) in [5.74, 6) is -0.506. The molecular weight excluding hydrogens is 440 g/mol. The van der Waals surface area contributed by atoms with E-state index in [9.17, 15) is 21.6 Å². The lowest BCUT2D eigenvalue weighted by Crippen LogP contribution is -2.18. The maximum Gasteiger partial charge on any atom is 0.272 e. The Morgan fingerprint density at radius 1 is 0.839 bits per heavy atom. The standard InChI is InChI=1S/C20H22N4O5S2/c1-14-4-10-17(11-5-14)31(28,29)23-16-8-6-15(7-9-16)22-20(25)19-12-18(13-24(19)3)30(26,27)21-2/h4-13,21,23H,1-3H3,(H,22,25). The van der Waals surface area contributed by atoms with Gasteiger partial charge < -0.3 is 9.88 Å².